The summed E-state index contributed by atoms with van der Waals surface area (Å²) >= 11 is 0. The fourth-order valence-electron chi connectivity index (χ4n) is 0.964. The van der Waals surface area contributed by atoms with Crippen LogP contribution in [-0.4, -0.2) is 22.2 Å². The molecule has 3 nitrogen and oxygen atoms in total. The lowest BCUT2D eigenvalue weighted by Gasteiger charge is -2.07. The summed E-state index contributed by atoms with van der Waals surface area (Å²) < 4.78 is 71.9. The van der Waals surface area contributed by atoms with E-state index in [1.165, 1.54) is 5.10 Å². The number of carbonyl (C=O) groups excluding carboxylic acids is 1. The van der Waals surface area contributed by atoms with E-state index in [1.807, 2.05) is 0 Å². The number of rotatable bonds is 2. The van der Waals surface area contributed by atoms with Crippen molar-refractivity contribution in [2.24, 2.45) is 0 Å². The van der Waals surface area contributed by atoms with Crippen molar-refractivity contribution in [2.75, 3.05) is 0 Å². The standard InChI is InChI=1S/C7H4F6N2O/c8-6(9,10)4(16)1-3-2-14-15-5(3)7(11,12)13/h2H,1H2,(H,14,15). The SMILES string of the molecule is O=C(Cc1cn[nH]c1C(F)(F)F)C(F)(F)F. The summed E-state index contributed by atoms with van der Waals surface area (Å²) in [5.74, 6) is -2.25. The molecule has 0 spiro atoms. The van der Waals surface area contributed by atoms with Gasteiger partial charge in [-0.3, -0.25) is 9.89 Å². The highest BCUT2D eigenvalue weighted by molar-refractivity contribution is 5.86. The van der Waals surface area contributed by atoms with Crippen LogP contribution in [0.4, 0.5) is 26.3 Å². The first-order valence-corrected chi connectivity index (χ1v) is 3.82. The molecule has 0 aromatic carbocycles. The smallest absolute Gasteiger partial charge is 0.289 e. The Morgan fingerprint density at radius 1 is 1.25 bits per heavy atom. The average Bonchev–Trinajstić information content (AvgIpc) is 2.49. The maximum Gasteiger partial charge on any atom is 0.450 e. The highest BCUT2D eigenvalue weighted by Crippen LogP contribution is 2.31. The Morgan fingerprint density at radius 2 is 1.81 bits per heavy atom. The second-order valence-corrected chi connectivity index (χ2v) is 2.87. The van der Waals surface area contributed by atoms with Gasteiger partial charge in [0.05, 0.1) is 6.20 Å². The van der Waals surface area contributed by atoms with E-state index in [-0.39, 0.29) is 0 Å². The normalized spacial score (nSPS) is 12.9. The molecule has 0 aliphatic heterocycles. The van der Waals surface area contributed by atoms with Crippen molar-refractivity contribution >= 4 is 5.78 Å². The predicted octanol–water partition coefficient (Wildman–Crippen LogP) is 2.10. The lowest BCUT2D eigenvalue weighted by Crippen LogP contribution is -2.25. The quantitative estimate of drug-likeness (QED) is 0.812. The maximum absolute atomic E-state index is 12.2. The summed E-state index contributed by atoms with van der Waals surface area (Å²) in [6, 6.07) is 0. The minimum absolute atomic E-state index is 0.548. The molecule has 16 heavy (non-hydrogen) atoms. The van der Waals surface area contributed by atoms with E-state index >= 15 is 0 Å². The van der Waals surface area contributed by atoms with E-state index < -0.39 is 35.8 Å². The van der Waals surface area contributed by atoms with Crippen molar-refractivity contribution in [3.63, 3.8) is 0 Å². The Balaban J connectivity index is 2.92. The molecule has 0 atom stereocenters. The number of hydrogen-bond acceptors (Lipinski definition) is 2. The van der Waals surface area contributed by atoms with Crippen LogP contribution in [0.2, 0.25) is 0 Å². The van der Waals surface area contributed by atoms with Gasteiger partial charge in [0.25, 0.3) is 0 Å². The molecule has 0 amide bonds. The molecular formula is C7H4F6N2O. The van der Waals surface area contributed by atoms with Crippen LogP contribution in [0.5, 0.6) is 0 Å². The summed E-state index contributed by atoms with van der Waals surface area (Å²) in [5, 5.41) is 4.47. The fourth-order valence-corrected chi connectivity index (χ4v) is 0.964. The molecular weight excluding hydrogens is 242 g/mol. The van der Waals surface area contributed by atoms with Crippen molar-refractivity contribution in [3.8, 4) is 0 Å². The van der Waals surface area contributed by atoms with Gasteiger partial charge in [-0.05, 0) is 0 Å². The second kappa shape index (κ2) is 3.80. The first kappa shape index (κ1) is 12.5. The van der Waals surface area contributed by atoms with E-state index in [4.69, 9.17) is 0 Å². The molecule has 0 unspecified atom stereocenters. The first-order chi connectivity index (χ1) is 7.12. The van der Waals surface area contributed by atoms with Gasteiger partial charge in [0.15, 0.2) is 0 Å². The van der Waals surface area contributed by atoms with Gasteiger partial charge in [0.2, 0.25) is 5.78 Å². The van der Waals surface area contributed by atoms with Crippen LogP contribution >= 0.6 is 0 Å². The van der Waals surface area contributed by atoms with E-state index in [1.54, 1.807) is 0 Å². The van der Waals surface area contributed by atoms with Gasteiger partial charge in [-0.15, -0.1) is 0 Å². The number of alkyl halides is 6. The number of hydrogen-bond donors (Lipinski definition) is 1. The van der Waals surface area contributed by atoms with E-state index in [9.17, 15) is 31.1 Å². The van der Waals surface area contributed by atoms with E-state index in [0.29, 0.717) is 6.20 Å². The second-order valence-electron chi connectivity index (χ2n) is 2.87. The molecule has 1 rings (SSSR count). The van der Waals surface area contributed by atoms with Gasteiger partial charge in [-0.25, -0.2) is 0 Å². The Morgan fingerprint density at radius 3 is 2.25 bits per heavy atom. The number of aromatic nitrogens is 2. The molecule has 1 aromatic rings. The number of halogens is 6. The summed E-state index contributed by atoms with van der Waals surface area (Å²) in [5.41, 5.74) is -2.26. The molecule has 9 heteroatoms. The zero-order valence-electron chi connectivity index (χ0n) is 7.41. The number of nitrogens with zero attached hydrogens (tertiary/aromatic N) is 1. The van der Waals surface area contributed by atoms with Gasteiger partial charge in [-0.1, -0.05) is 0 Å². The average molecular weight is 246 g/mol. The van der Waals surface area contributed by atoms with Crippen LogP contribution in [0.15, 0.2) is 6.20 Å². The van der Waals surface area contributed by atoms with Crippen LogP contribution in [0, 0.1) is 0 Å². The summed E-state index contributed by atoms with van der Waals surface area (Å²) in [6.07, 6.45) is -10.8. The fraction of sp³-hybridized carbons (Fsp3) is 0.429. The molecule has 90 valence electrons. The van der Waals surface area contributed by atoms with E-state index in [0.717, 1.165) is 0 Å². The third kappa shape index (κ3) is 2.74. The van der Waals surface area contributed by atoms with Crippen LogP contribution in [0.3, 0.4) is 0 Å². The van der Waals surface area contributed by atoms with Gasteiger partial charge in [0, 0.05) is 12.0 Å². The van der Waals surface area contributed by atoms with Crippen molar-refractivity contribution in [1.29, 1.82) is 0 Å². The number of ketones is 1. The zero-order valence-corrected chi connectivity index (χ0v) is 7.41. The molecule has 0 fully saturated rings. The number of nitrogens with one attached hydrogen (secondary N) is 1. The van der Waals surface area contributed by atoms with Crippen LogP contribution in [0.1, 0.15) is 11.3 Å². The number of carbonyl (C=O) groups is 1. The lowest BCUT2D eigenvalue weighted by molar-refractivity contribution is -0.170. The minimum Gasteiger partial charge on any atom is -0.289 e. The van der Waals surface area contributed by atoms with Crippen molar-refractivity contribution in [3.05, 3.63) is 17.5 Å². The highest BCUT2D eigenvalue weighted by atomic mass is 19.4. The highest BCUT2D eigenvalue weighted by Gasteiger charge is 2.41. The topological polar surface area (TPSA) is 45.8 Å². The van der Waals surface area contributed by atoms with Crippen molar-refractivity contribution < 1.29 is 31.1 Å². The monoisotopic (exact) mass is 246 g/mol. The van der Waals surface area contributed by atoms with Gasteiger partial charge in [0.1, 0.15) is 5.69 Å². The molecule has 1 N–H and O–H groups in total. The lowest BCUT2D eigenvalue weighted by atomic mass is 10.1. The number of H-pyrrole nitrogens is 1. The predicted molar refractivity (Wildman–Crippen MR) is 38.4 cm³/mol. The Hall–Kier alpha value is -1.54. The molecule has 0 aliphatic rings. The number of Topliss-reactive ketones (excluding diaryl/α,β-unsaturated/α-hetero) is 1. The summed E-state index contributed by atoms with van der Waals surface area (Å²) in [7, 11) is 0. The number of aromatic amines is 1. The molecule has 1 aromatic heterocycles. The molecule has 0 saturated carbocycles. The minimum atomic E-state index is -5.15. The van der Waals surface area contributed by atoms with Gasteiger partial charge in [-0.2, -0.15) is 31.4 Å². The Labute approximate surface area is 84.4 Å². The largest absolute Gasteiger partial charge is 0.450 e. The van der Waals surface area contributed by atoms with Crippen LogP contribution in [-0.2, 0) is 17.4 Å². The Bertz CT molecular complexity index is 390. The Kier molecular flexibility index (Phi) is 2.97. The van der Waals surface area contributed by atoms with Crippen LogP contribution < -0.4 is 0 Å². The molecule has 0 radical (unpaired) electrons. The van der Waals surface area contributed by atoms with Crippen LogP contribution in [0.25, 0.3) is 0 Å². The third-order valence-electron chi connectivity index (χ3n) is 1.67. The molecule has 0 aliphatic carbocycles. The maximum atomic E-state index is 12.2. The first-order valence-electron chi connectivity index (χ1n) is 3.82. The molecule has 1 heterocycles. The van der Waals surface area contributed by atoms with Crippen molar-refractivity contribution in [2.45, 2.75) is 18.8 Å². The summed E-state index contributed by atoms with van der Waals surface area (Å²) in [6.45, 7) is 0. The van der Waals surface area contributed by atoms with Crippen molar-refractivity contribution in [1.82, 2.24) is 10.2 Å². The third-order valence-corrected chi connectivity index (χ3v) is 1.67. The van der Waals surface area contributed by atoms with Gasteiger partial charge >= 0.3 is 12.4 Å². The molecule has 0 saturated heterocycles. The van der Waals surface area contributed by atoms with Gasteiger partial charge < -0.3 is 0 Å². The molecule has 0 bridgehead atoms. The zero-order chi connectivity index (χ0) is 12.6. The van der Waals surface area contributed by atoms with E-state index in [2.05, 4.69) is 5.10 Å². The summed E-state index contributed by atoms with van der Waals surface area (Å²) in [4.78, 5) is 10.5.